The summed E-state index contributed by atoms with van der Waals surface area (Å²) in [4.78, 5) is 41.7. The number of aryl methyl sites for hydroxylation is 2. The molecule has 0 saturated carbocycles. The molecule has 7 nitrogen and oxygen atoms in total. The van der Waals surface area contributed by atoms with Gasteiger partial charge in [-0.05, 0) is 30.7 Å². The molecule has 0 saturated heterocycles. The summed E-state index contributed by atoms with van der Waals surface area (Å²) in [6, 6.07) is 4.32. The van der Waals surface area contributed by atoms with Gasteiger partial charge in [0.2, 0.25) is 5.91 Å². The number of hydrogen-bond donors (Lipinski definition) is 1. The zero-order chi connectivity index (χ0) is 22.2. The lowest BCUT2D eigenvalue weighted by Crippen LogP contribution is -2.37. The standard InChI is InChI=1S/C19H17F3N4O3S/c1-10-8-23-16-14(17(28)26(3)18(29)25(16)2)15(10)30-9-13(27)24-12-6-4-5-11(7-12)19(20,21)22/h4-8H,9H2,1-3H3,(H,24,27). The Balaban J connectivity index is 1.88. The number of nitrogens with one attached hydrogen (secondary N) is 1. The summed E-state index contributed by atoms with van der Waals surface area (Å²) in [7, 11) is 2.84. The molecule has 1 amide bonds. The number of amides is 1. The van der Waals surface area contributed by atoms with Gasteiger partial charge in [-0.2, -0.15) is 13.2 Å². The maximum atomic E-state index is 12.8. The Labute approximate surface area is 172 Å². The molecule has 0 unspecified atom stereocenters. The number of aromatic nitrogens is 3. The highest BCUT2D eigenvalue weighted by atomic mass is 32.2. The van der Waals surface area contributed by atoms with Crippen LogP contribution in [0, 0.1) is 6.92 Å². The van der Waals surface area contributed by atoms with Gasteiger partial charge in [-0.15, -0.1) is 11.8 Å². The second-order valence-electron chi connectivity index (χ2n) is 6.59. The van der Waals surface area contributed by atoms with Crippen molar-refractivity contribution in [2.45, 2.75) is 18.0 Å². The first-order valence-electron chi connectivity index (χ1n) is 8.66. The van der Waals surface area contributed by atoms with Crippen LogP contribution in [0.3, 0.4) is 0 Å². The van der Waals surface area contributed by atoms with Crippen LogP contribution in [-0.4, -0.2) is 25.8 Å². The molecule has 0 fully saturated rings. The van der Waals surface area contributed by atoms with E-state index >= 15 is 0 Å². The van der Waals surface area contributed by atoms with Gasteiger partial charge in [0.05, 0.1) is 16.7 Å². The molecule has 1 N–H and O–H groups in total. The first kappa shape index (κ1) is 21.6. The van der Waals surface area contributed by atoms with Crippen LogP contribution in [0.1, 0.15) is 11.1 Å². The molecule has 2 aromatic heterocycles. The Bertz CT molecular complexity index is 1260. The lowest BCUT2D eigenvalue weighted by atomic mass is 10.2. The summed E-state index contributed by atoms with van der Waals surface area (Å²) in [5.41, 5.74) is -1.09. The van der Waals surface area contributed by atoms with Crippen LogP contribution in [0.5, 0.6) is 0 Å². The minimum absolute atomic E-state index is 0.0186. The molecule has 11 heteroatoms. The van der Waals surface area contributed by atoms with E-state index in [2.05, 4.69) is 10.3 Å². The summed E-state index contributed by atoms with van der Waals surface area (Å²) in [5.74, 6) is -0.687. The quantitative estimate of drug-likeness (QED) is 0.633. The van der Waals surface area contributed by atoms with E-state index in [1.54, 1.807) is 6.92 Å². The minimum Gasteiger partial charge on any atom is -0.325 e. The Kier molecular flexibility index (Phi) is 5.75. The van der Waals surface area contributed by atoms with Crippen LogP contribution in [0.2, 0.25) is 0 Å². The van der Waals surface area contributed by atoms with Crippen molar-refractivity contribution in [3.63, 3.8) is 0 Å². The van der Waals surface area contributed by atoms with Crippen LogP contribution in [-0.2, 0) is 25.1 Å². The van der Waals surface area contributed by atoms with Gasteiger partial charge in [-0.1, -0.05) is 6.07 Å². The average Bonchev–Trinajstić information content (AvgIpc) is 2.69. The van der Waals surface area contributed by atoms with Gasteiger partial charge in [-0.25, -0.2) is 9.78 Å². The second kappa shape index (κ2) is 7.98. The van der Waals surface area contributed by atoms with Crippen LogP contribution in [0.4, 0.5) is 18.9 Å². The van der Waals surface area contributed by atoms with Crippen LogP contribution in [0.15, 0.2) is 44.9 Å². The SMILES string of the molecule is Cc1cnc2c(c1SCC(=O)Nc1cccc(C(F)(F)F)c1)c(=O)n(C)c(=O)n2C. The molecule has 0 aliphatic rings. The van der Waals surface area contributed by atoms with Crippen molar-refractivity contribution in [3.8, 4) is 0 Å². The number of rotatable bonds is 4. The van der Waals surface area contributed by atoms with E-state index in [4.69, 9.17) is 0 Å². The second-order valence-corrected chi connectivity index (χ2v) is 7.58. The summed E-state index contributed by atoms with van der Waals surface area (Å²) in [5, 5.41) is 2.63. The highest BCUT2D eigenvalue weighted by Crippen LogP contribution is 2.31. The van der Waals surface area contributed by atoms with Crippen molar-refractivity contribution in [1.82, 2.24) is 14.1 Å². The molecular formula is C19H17F3N4O3S. The van der Waals surface area contributed by atoms with E-state index in [1.165, 1.54) is 37.0 Å². The van der Waals surface area contributed by atoms with Gasteiger partial charge in [0, 0.05) is 30.9 Å². The minimum atomic E-state index is -4.52. The summed E-state index contributed by atoms with van der Waals surface area (Å²) in [6.07, 6.45) is -3.02. The fourth-order valence-electron chi connectivity index (χ4n) is 2.89. The van der Waals surface area contributed by atoms with Crippen molar-refractivity contribution >= 4 is 34.4 Å². The largest absolute Gasteiger partial charge is 0.416 e. The Morgan fingerprint density at radius 1 is 1.20 bits per heavy atom. The van der Waals surface area contributed by atoms with E-state index in [0.717, 1.165) is 28.5 Å². The molecule has 0 atom stereocenters. The highest BCUT2D eigenvalue weighted by molar-refractivity contribution is 8.00. The average molecular weight is 438 g/mol. The number of carbonyl (C=O) groups is 1. The molecular weight excluding hydrogens is 421 g/mol. The van der Waals surface area contributed by atoms with Crippen LogP contribution >= 0.6 is 11.8 Å². The fourth-order valence-corrected chi connectivity index (χ4v) is 3.84. The molecule has 0 aliphatic heterocycles. The zero-order valence-electron chi connectivity index (χ0n) is 16.2. The van der Waals surface area contributed by atoms with Crippen molar-refractivity contribution in [1.29, 1.82) is 0 Å². The number of fused-ring (bicyclic) bond motifs is 1. The molecule has 2 heterocycles. The van der Waals surface area contributed by atoms with E-state index in [1.807, 2.05) is 0 Å². The molecule has 158 valence electrons. The van der Waals surface area contributed by atoms with Crippen molar-refractivity contribution in [2.75, 3.05) is 11.1 Å². The van der Waals surface area contributed by atoms with Crippen molar-refractivity contribution in [2.24, 2.45) is 14.1 Å². The number of alkyl halides is 3. The van der Waals surface area contributed by atoms with E-state index in [-0.39, 0.29) is 22.5 Å². The molecule has 30 heavy (non-hydrogen) atoms. The monoisotopic (exact) mass is 438 g/mol. The van der Waals surface area contributed by atoms with E-state index < -0.39 is 28.9 Å². The fraction of sp³-hybridized carbons (Fsp3) is 0.263. The van der Waals surface area contributed by atoms with Crippen LogP contribution in [0.25, 0.3) is 11.0 Å². The van der Waals surface area contributed by atoms with Gasteiger partial charge in [0.1, 0.15) is 5.65 Å². The number of pyridine rings is 1. The number of benzene rings is 1. The van der Waals surface area contributed by atoms with Gasteiger partial charge in [0.15, 0.2) is 0 Å². The van der Waals surface area contributed by atoms with Gasteiger partial charge in [0.25, 0.3) is 5.56 Å². The Morgan fingerprint density at radius 2 is 1.90 bits per heavy atom. The van der Waals surface area contributed by atoms with E-state index in [9.17, 15) is 27.6 Å². The topological polar surface area (TPSA) is 86.0 Å². The number of halogens is 3. The third-order valence-corrected chi connectivity index (χ3v) is 5.64. The van der Waals surface area contributed by atoms with Gasteiger partial charge < -0.3 is 5.32 Å². The smallest absolute Gasteiger partial charge is 0.325 e. The van der Waals surface area contributed by atoms with Crippen LogP contribution < -0.4 is 16.6 Å². The first-order valence-corrected chi connectivity index (χ1v) is 9.64. The lowest BCUT2D eigenvalue weighted by molar-refractivity contribution is -0.137. The predicted octanol–water partition coefficient (Wildman–Crippen LogP) is 2.69. The van der Waals surface area contributed by atoms with E-state index in [0.29, 0.717) is 10.5 Å². The van der Waals surface area contributed by atoms with Crippen molar-refractivity contribution < 1.29 is 18.0 Å². The summed E-state index contributed by atoms with van der Waals surface area (Å²) < 4.78 is 40.7. The molecule has 3 aromatic rings. The van der Waals surface area contributed by atoms with Gasteiger partial charge in [-0.3, -0.25) is 18.7 Å². The summed E-state index contributed by atoms with van der Waals surface area (Å²) >= 11 is 1.05. The molecule has 0 spiro atoms. The molecule has 0 bridgehead atoms. The summed E-state index contributed by atoms with van der Waals surface area (Å²) in [6.45, 7) is 1.71. The molecule has 1 aromatic carbocycles. The number of anilines is 1. The maximum absolute atomic E-state index is 12.8. The normalized spacial score (nSPS) is 11.7. The zero-order valence-corrected chi connectivity index (χ0v) is 17.0. The number of nitrogens with zero attached hydrogens (tertiary/aromatic N) is 3. The van der Waals surface area contributed by atoms with Gasteiger partial charge >= 0.3 is 11.9 Å². The lowest BCUT2D eigenvalue weighted by Gasteiger charge is -2.13. The third kappa shape index (κ3) is 4.11. The Hall–Kier alpha value is -3.08. The number of thioether (sulfide) groups is 1. The number of carbonyl (C=O) groups excluding carboxylic acids is 1. The maximum Gasteiger partial charge on any atom is 0.416 e. The Morgan fingerprint density at radius 3 is 2.57 bits per heavy atom. The molecule has 3 rings (SSSR count). The molecule has 0 radical (unpaired) electrons. The molecule has 0 aliphatic carbocycles. The van der Waals surface area contributed by atoms with Crippen molar-refractivity contribution in [3.05, 3.63) is 62.4 Å². The number of hydrogen-bond acceptors (Lipinski definition) is 5. The first-order chi connectivity index (χ1) is 14.0. The third-order valence-electron chi connectivity index (χ3n) is 4.42. The predicted molar refractivity (Wildman–Crippen MR) is 108 cm³/mol. The highest BCUT2D eigenvalue weighted by Gasteiger charge is 2.30.